The number of nitrogens with zero attached hydrogens (tertiary/aromatic N) is 1. The Morgan fingerprint density at radius 1 is 1.75 bits per heavy atom. The standard InChI is InChI=1S/C8H12N2OS/c9-3-7-4-10-11-8(7)6-1-2-12-5-6/h4,6H,1-3,5,9H2. The summed E-state index contributed by atoms with van der Waals surface area (Å²) in [5.74, 6) is 3.95. The molecule has 2 N–H and O–H groups in total. The average Bonchev–Trinajstić information content (AvgIpc) is 2.74. The van der Waals surface area contributed by atoms with Crippen LogP contribution in [-0.2, 0) is 6.54 Å². The van der Waals surface area contributed by atoms with Crippen molar-refractivity contribution in [1.29, 1.82) is 0 Å². The van der Waals surface area contributed by atoms with Gasteiger partial charge in [0.25, 0.3) is 0 Å². The molecule has 1 aliphatic heterocycles. The first kappa shape index (κ1) is 8.13. The number of hydrogen-bond acceptors (Lipinski definition) is 4. The monoisotopic (exact) mass is 184 g/mol. The molecule has 1 saturated heterocycles. The first-order chi connectivity index (χ1) is 5.92. The van der Waals surface area contributed by atoms with Crippen molar-refractivity contribution in [2.75, 3.05) is 11.5 Å². The third-order valence-corrected chi connectivity index (χ3v) is 3.36. The predicted molar refractivity (Wildman–Crippen MR) is 49.1 cm³/mol. The van der Waals surface area contributed by atoms with Crippen molar-refractivity contribution >= 4 is 11.8 Å². The van der Waals surface area contributed by atoms with Gasteiger partial charge in [-0.25, -0.2) is 0 Å². The van der Waals surface area contributed by atoms with Crippen LogP contribution in [0.1, 0.15) is 23.7 Å². The highest BCUT2D eigenvalue weighted by atomic mass is 32.2. The number of thioether (sulfide) groups is 1. The van der Waals surface area contributed by atoms with Crippen LogP contribution in [0.2, 0.25) is 0 Å². The van der Waals surface area contributed by atoms with E-state index in [4.69, 9.17) is 10.3 Å². The minimum absolute atomic E-state index is 0.542. The van der Waals surface area contributed by atoms with Crippen LogP contribution >= 0.6 is 11.8 Å². The fourth-order valence-corrected chi connectivity index (χ4v) is 2.72. The molecule has 0 spiro atoms. The molecule has 0 saturated carbocycles. The lowest BCUT2D eigenvalue weighted by Gasteiger charge is -2.04. The van der Waals surface area contributed by atoms with E-state index in [9.17, 15) is 0 Å². The second-order valence-corrected chi connectivity index (χ2v) is 4.13. The number of aromatic nitrogens is 1. The van der Waals surface area contributed by atoms with Gasteiger partial charge in [0.15, 0.2) is 0 Å². The maximum Gasteiger partial charge on any atom is 0.145 e. The molecule has 0 aliphatic carbocycles. The lowest BCUT2D eigenvalue weighted by Crippen LogP contribution is -2.02. The molecule has 0 amide bonds. The second-order valence-electron chi connectivity index (χ2n) is 2.98. The summed E-state index contributed by atoms with van der Waals surface area (Å²) in [7, 11) is 0. The molecule has 1 aromatic heterocycles. The maximum absolute atomic E-state index is 5.56. The van der Waals surface area contributed by atoms with E-state index < -0.39 is 0 Å². The highest BCUT2D eigenvalue weighted by Crippen LogP contribution is 2.33. The molecule has 3 nitrogen and oxygen atoms in total. The number of nitrogens with two attached hydrogens (primary N) is 1. The van der Waals surface area contributed by atoms with Gasteiger partial charge in [-0.1, -0.05) is 5.16 Å². The fourth-order valence-electron chi connectivity index (χ4n) is 1.50. The van der Waals surface area contributed by atoms with Crippen LogP contribution in [0, 0.1) is 0 Å². The smallest absolute Gasteiger partial charge is 0.145 e. The third kappa shape index (κ3) is 1.36. The van der Waals surface area contributed by atoms with E-state index in [0.717, 1.165) is 17.1 Å². The summed E-state index contributed by atoms with van der Waals surface area (Å²) in [6.07, 6.45) is 2.94. The largest absolute Gasteiger partial charge is 0.361 e. The molecule has 1 fully saturated rings. The zero-order valence-electron chi connectivity index (χ0n) is 6.82. The van der Waals surface area contributed by atoms with Crippen LogP contribution in [-0.4, -0.2) is 16.7 Å². The molecule has 66 valence electrons. The van der Waals surface area contributed by atoms with E-state index in [1.165, 1.54) is 12.2 Å². The van der Waals surface area contributed by atoms with Gasteiger partial charge in [-0.15, -0.1) is 0 Å². The first-order valence-corrected chi connectivity index (χ1v) is 5.28. The lowest BCUT2D eigenvalue weighted by molar-refractivity contribution is 0.365. The molecule has 0 aromatic carbocycles. The Hall–Kier alpha value is -0.480. The zero-order valence-corrected chi connectivity index (χ0v) is 7.64. The average molecular weight is 184 g/mol. The van der Waals surface area contributed by atoms with Gasteiger partial charge in [0.2, 0.25) is 0 Å². The Bertz CT molecular complexity index is 255. The van der Waals surface area contributed by atoms with Crippen molar-refractivity contribution in [3.63, 3.8) is 0 Å². The highest BCUT2D eigenvalue weighted by Gasteiger charge is 2.23. The van der Waals surface area contributed by atoms with Gasteiger partial charge in [0.05, 0.1) is 6.20 Å². The SMILES string of the molecule is NCc1cnoc1C1CCSC1. The van der Waals surface area contributed by atoms with E-state index in [2.05, 4.69) is 5.16 Å². The summed E-state index contributed by atoms with van der Waals surface area (Å²) in [6, 6.07) is 0. The molecule has 2 heterocycles. The summed E-state index contributed by atoms with van der Waals surface area (Å²) in [5.41, 5.74) is 6.63. The Morgan fingerprint density at radius 2 is 2.67 bits per heavy atom. The normalized spacial score (nSPS) is 23.2. The van der Waals surface area contributed by atoms with E-state index >= 15 is 0 Å². The van der Waals surface area contributed by atoms with Crippen LogP contribution < -0.4 is 5.73 Å². The number of hydrogen-bond donors (Lipinski definition) is 1. The molecule has 4 heteroatoms. The minimum atomic E-state index is 0.542. The molecular formula is C8H12N2OS. The van der Waals surface area contributed by atoms with Gasteiger partial charge in [-0.3, -0.25) is 0 Å². The lowest BCUT2D eigenvalue weighted by atomic mass is 10.0. The van der Waals surface area contributed by atoms with Gasteiger partial charge < -0.3 is 10.3 Å². The van der Waals surface area contributed by atoms with Crippen molar-refractivity contribution < 1.29 is 4.52 Å². The molecule has 1 aromatic rings. The van der Waals surface area contributed by atoms with Gasteiger partial charge in [-0.2, -0.15) is 11.8 Å². The van der Waals surface area contributed by atoms with Crippen LogP contribution in [0.5, 0.6) is 0 Å². The van der Waals surface area contributed by atoms with Crippen molar-refractivity contribution in [2.24, 2.45) is 5.73 Å². The summed E-state index contributed by atoms with van der Waals surface area (Å²) in [5, 5.41) is 3.77. The van der Waals surface area contributed by atoms with Gasteiger partial charge >= 0.3 is 0 Å². The summed E-state index contributed by atoms with van der Waals surface area (Å²) in [4.78, 5) is 0. The Balaban J connectivity index is 2.19. The van der Waals surface area contributed by atoms with Crippen LogP contribution in [0.3, 0.4) is 0 Å². The van der Waals surface area contributed by atoms with Gasteiger partial charge in [-0.05, 0) is 12.2 Å². The minimum Gasteiger partial charge on any atom is -0.361 e. The van der Waals surface area contributed by atoms with Crippen LogP contribution in [0.25, 0.3) is 0 Å². The molecule has 1 aliphatic rings. The Labute approximate surface area is 75.7 Å². The summed E-state index contributed by atoms with van der Waals surface area (Å²) >= 11 is 1.97. The van der Waals surface area contributed by atoms with Gasteiger partial charge in [0, 0.05) is 23.8 Å². The quantitative estimate of drug-likeness (QED) is 0.754. The predicted octanol–water partition coefficient (Wildman–Crippen LogP) is 1.35. The van der Waals surface area contributed by atoms with Crippen molar-refractivity contribution in [3.8, 4) is 0 Å². The van der Waals surface area contributed by atoms with E-state index in [1.54, 1.807) is 6.20 Å². The van der Waals surface area contributed by atoms with Crippen molar-refractivity contribution in [2.45, 2.75) is 18.9 Å². The molecule has 12 heavy (non-hydrogen) atoms. The summed E-state index contributed by atoms with van der Waals surface area (Å²) in [6.45, 7) is 0.542. The fraction of sp³-hybridized carbons (Fsp3) is 0.625. The molecule has 0 radical (unpaired) electrons. The Morgan fingerprint density at radius 3 is 3.33 bits per heavy atom. The molecule has 2 rings (SSSR count). The zero-order chi connectivity index (χ0) is 8.39. The molecule has 1 unspecified atom stereocenters. The van der Waals surface area contributed by atoms with Crippen LogP contribution in [0.15, 0.2) is 10.7 Å². The van der Waals surface area contributed by atoms with E-state index in [1.807, 2.05) is 11.8 Å². The number of rotatable bonds is 2. The van der Waals surface area contributed by atoms with E-state index in [0.29, 0.717) is 12.5 Å². The Kier molecular flexibility index (Phi) is 2.37. The topological polar surface area (TPSA) is 52.0 Å². The first-order valence-electron chi connectivity index (χ1n) is 4.13. The van der Waals surface area contributed by atoms with Crippen LogP contribution in [0.4, 0.5) is 0 Å². The van der Waals surface area contributed by atoms with E-state index in [-0.39, 0.29) is 0 Å². The summed E-state index contributed by atoms with van der Waals surface area (Å²) < 4.78 is 5.20. The molecule has 0 bridgehead atoms. The molecular weight excluding hydrogens is 172 g/mol. The second kappa shape index (κ2) is 3.49. The third-order valence-electron chi connectivity index (χ3n) is 2.20. The van der Waals surface area contributed by atoms with Crippen molar-refractivity contribution in [3.05, 3.63) is 17.5 Å². The molecule has 1 atom stereocenters. The highest BCUT2D eigenvalue weighted by molar-refractivity contribution is 7.99. The maximum atomic E-state index is 5.56. The van der Waals surface area contributed by atoms with Gasteiger partial charge in [0.1, 0.15) is 5.76 Å². The van der Waals surface area contributed by atoms with Crippen molar-refractivity contribution in [1.82, 2.24) is 5.16 Å².